The molecule has 1 unspecified atom stereocenters. The second kappa shape index (κ2) is 7.22. The summed E-state index contributed by atoms with van der Waals surface area (Å²) in [4.78, 5) is 26.8. The highest BCUT2D eigenvalue weighted by atomic mass is 16.4. The molecule has 124 valence electrons. The summed E-state index contributed by atoms with van der Waals surface area (Å²) in [5.74, 6) is 1.25. The number of carboxylic acid groups (broad SMARTS) is 1. The molecule has 24 heavy (non-hydrogen) atoms. The molecular formula is C17H20BN3O3. The molecule has 0 amide bonds. The van der Waals surface area contributed by atoms with Gasteiger partial charge >= 0.3 is 5.97 Å². The van der Waals surface area contributed by atoms with Crippen molar-refractivity contribution in [2.45, 2.75) is 18.7 Å². The summed E-state index contributed by atoms with van der Waals surface area (Å²) in [5, 5.41) is 18.4. The van der Waals surface area contributed by atoms with E-state index in [1.807, 2.05) is 11.9 Å². The fourth-order valence-corrected chi connectivity index (χ4v) is 3.48. The van der Waals surface area contributed by atoms with Gasteiger partial charge in [0.05, 0.1) is 16.9 Å². The van der Waals surface area contributed by atoms with Crippen molar-refractivity contribution >= 4 is 30.3 Å². The number of benzene rings is 1. The molecule has 6 nitrogen and oxygen atoms in total. The lowest BCUT2D eigenvalue weighted by Crippen LogP contribution is -2.53. The number of carbonyl (C=O) groups is 2. The Morgan fingerprint density at radius 3 is 2.75 bits per heavy atom. The molecule has 2 aliphatic heterocycles. The first-order valence-corrected chi connectivity index (χ1v) is 7.79. The Morgan fingerprint density at radius 2 is 2.17 bits per heavy atom. The van der Waals surface area contributed by atoms with Crippen LogP contribution in [0.5, 0.6) is 0 Å². The largest absolute Gasteiger partial charge is 0.478 e. The Labute approximate surface area is 142 Å². The zero-order valence-corrected chi connectivity index (χ0v) is 13.7. The molecule has 0 spiro atoms. The van der Waals surface area contributed by atoms with Crippen molar-refractivity contribution in [3.8, 4) is 5.97 Å². The van der Waals surface area contributed by atoms with Crippen molar-refractivity contribution < 1.29 is 14.7 Å². The van der Waals surface area contributed by atoms with E-state index in [-0.39, 0.29) is 23.9 Å². The maximum absolute atomic E-state index is 11.3. The molecule has 0 bridgehead atoms. The zero-order chi connectivity index (χ0) is 17.9. The van der Waals surface area contributed by atoms with Gasteiger partial charge in [0.1, 0.15) is 0 Å². The maximum Gasteiger partial charge on any atom is 0.336 e. The van der Waals surface area contributed by atoms with Gasteiger partial charge in [-0.25, -0.2) is 10.1 Å². The van der Waals surface area contributed by atoms with E-state index in [9.17, 15) is 14.7 Å². The summed E-state index contributed by atoms with van der Waals surface area (Å²) >= 11 is 0. The number of hydrogen-bond donors (Lipinski definition) is 1. The molecular weight excluding hydrogens is 305 g/mol. The normalized spacial score (nSPS) is 18.5. The number of rotatable bonds is 2. The first kappa shape index (κ1) is 17.6. The summed E-state index contributed by atoms with van der Waals surface area (Å²) in [5.41, 5.74) is 1.95. The Bertz CT molecular complexity index is 701. The first-order valence-electron chi connectivity index (χ1n) is 7.79. The highest BCUT2D eigenvalue weighted by molar-refractivity contribution is 6.67. The van der Waals surface area contributed by atoms with Crippen molar-refractivity contribution in [3.05, 3.63) is 36.4 Å². The summed E-state index contributed by atoms with van der Waals surface area (Å²) in [7, 11) is 1.92. The predicted octanol–water partition coefficient (Wildman–Crippen LogP) is 2.20. The van der Waals surface area contributed by atoms with E-state index in [0.29, 0.717) is 6.29 Å². The number of nitriles is 1. The number of fused-ring (bicyclic) bond motifs is 3. The summed E-state index contributed by atoms with van der Waals surface area (Å²) in [6.07, 6.45) is 2.19. The van der Waals surface area contributed by atoms with Crippen LogP contribution in [0, 0.1) is 11.2 Å². The van der Waals surface area contributed by atoms with Crippen LogP contribution in [-0.2, 0) is 0 Å². The Hall–Kier alpha value is -2.75. The van der Waals surface area contributed by atoms with Gasteiger partial charge in [0.25, 0.3) is 6.71 Å². The van der Waals surface area contributed by atoms with Gasteiger partial charge in [0, 0.05) is 37.7 Å². The molecule has 1 fully saturated rings. The van der Waals surface area contributed by atoms with Crippen LogP contribution in [0.4, 0.5) is 11.4 Å². The molecule has 1 aromatic carbocycles. The third kappa shape index (κ3) is 3.00. The minimum atomic E-state index is -1.09. The van der Waals surface area contributed by atoms with Gasteiger partial charge < -0.3 is 14.9 Å². The minimum Gasteiger partial charge on any atom is -0.478 e. The number of aromatic carboxylic acids is 1. The van der Waals surface area contributed by atoms with Crippen molar-refractivity contribution in [3.63, 3.8) is 0 Å². The molecule has 0 saturated carbocycles. The molecule has 1 N–H and O–H groups in total. The average Bonchev–Trinajstić information content (AvgIpc) is 2.61. The summed E-state index contributed by atoms with van der Waals surface area (Å²) in [6, 6.07) is 3.47. The molecule has 2 heterocycles. The maximum atomic E-state index is 11.3. The van der Waals surface area contributed by atoms with Crippen molar-refractivity contribution in [1.82, 2.24) is 0 Å². The first-order chi connectivity index (χ1) is 11.5. The predicted molar refractivity (Wildman–Crippen MR) is 95.4 cm³/mol. The number of aldehydes is 1. The van der Waals surface area contributed by atoms with Crippen LogP contribution in [0.2, 0.25) is 12.6 Å². The lowest BCUT2D eigenvalue weighted by Gasteiger charge is -2.46. The van der Waals surface area contributed by atoms with Gasteiger partial charge in [-0.2, -0.15) is 0 Å². The van der Waals surface area contributed by atoms with Gasteiger partial charge in [0.15, 0.2) is 6.29 Å². The standard InChI is InChI=1S/C15H16BN3O3.C2H4/c1-18-7-11-6-16(9-17)2-3-19(11)14-4-10(8-20)12(15(21)22)5-13(14)18;1-2/h4-5,8,11H,2-3,6-7H2,1H3,(H,21,22);1-2H2. The van der Waals surface area contributed by atoms with E-state index >= 15 is 0 Å². The highest BCUT2D eigenvalue weighted by Crippen LogP contribution is 2.39. The van der Waals surface area contributed by atoms with Gasteiger partial charge in [-0.3, -0.25) is 4.79 Å². The second-order valence-electron chi connectivity index (χ2n) is 5.93. The van der Waals surface area contributed by atoms with E-state index in [1.54, 1.807) is 12.1 Å². The van der Waals surface area contributed by atoms with Crippen molar-refractivity contribution in [1.29, 1.82) is 5.26 Å². The Kier molecular flexibility index (Phi) is 5.30. The summed E-state index contributed by atoms with van der Waals surface area (Å²) < 4.78 is 0. The van der Waals surface area contributed by atoms with E-state index < -0.39 is 5.97 Å². The topological polar surface area (TPSA) is 84.6 Å². The SMILES string of the molecule is C=C.CN1CC2CB(C#N)CCN2c2cc(C=O)c(C(=O)O)cc21. The van der Waals surface area contributed by atoms with Gasteiger partial charge in [0.2, 0.25) is 0 Å². The Balaban J connectivity index is 0.00000100. The van der Waals surface area contributed by atoms with Gasteiger partial charge in [-0.15, -0.1) is 13.2 Å². The molecule has 2 aliphatic rings. The number of nitrogens with zero attached hydrogens (tertiary/aromatic N) is 3. The molecule has 0 aromatic heterocycles. The van der Waals surface area contributed by atoms with Crippen LogP contribution < -0.4 is 9.80 Å². The van der Waals surface area contributed by atoms with E-state index in [4.69, 9.17) is 5.26 Å². The Morgan fingerprint density at radius 1 is 1.46 bits per heavy atom. The lowest BCUT2D eigenvalue weighted by atomic mass is 9.43. The number of carboxylic acids is 1. The quantitative estimate of drug-likeness (QED) is 0.510. The molecule has 1 saturated heterocycles. The zero-order valence-electron chi connectivity index (χ0n) is 13.7. The second-order valence-corrected chi connectivity index (χ2v) is 5.93. The van der Waals surface area contributed by atoms with Crippen LogP contribution in [0.15, 0.2) is 25.3 Å². The van der Waals surface area contributed by atoms with Gasteiger partial charge in [-0.05, 0) is 24.8 Å². The van der Waals surface area contributed by atoms with E-state index in [1.165, 1.54) is 0 Å². The fourth-order valence-electron chi connectivity index (χ4n) is 3.48. The minimum absolute atomic E-state index is 0.0333. The fraction of sp³-hybridized carbons (Fsp3) is 0.353. The average molecular weight is 325 g/mol. The smallest absolute Gasteiger partial charge is 0.336 e. The molecule has 1 atom stereocenters. The third-order valence-electron chi connectivity index (χ3n) is 4.61. The lowest BCUT2D eigenvalue weighted by molar-refractivity contribution is 0.0694. The molecule has 3 rings (SSSR count). The van der Waals surface area contributed by atoms with Crippen LogP contribution in [0.25, 0.3) is 0 Å². The molecule has 0 radical (unpaired) electrons. The van der Waals surface area contributed by atoms with E-state index in [2.05, 4.69) is 24.0 Å². The van der Waals surface area contributed by atoms with Crippen LogP contribution in [0.3, 0.4) is 0 Å². The number of likely N-dealkylation sites (N-methyl/N-ethyl adjacent to an activating group) is 1. The molecule has 0 aliphatic carbocycles. The van der Waals surface area contributed by atoms with Crippen molar-refractivity contribution in [2.24, 2.45) is 0 Å². The molecule has 1 aromatic rings. The number of hydrogen-bond acceptors (Lipinski definition) is 5. The molecule has 7 heteroatoms. The third-order valence-corrected chi connectivity index (χ3v) is 4.61. The summed E-state index contributed by atoms with van der Waals surface area (Å²) in [6.45, 7) is 7.58. The van der Waals surface area contributed by atoms with E-state index in [0.717, 1.165) is 37.1 Å². The van der Waals surface area contributed by atoms with Crippen LogP contribution in [0.1, 0.15) is 20.7 Å². The van der Waals surface area contributed by atoms with Crippen LogP contribution in [-0.4, -0.2) is 50.3 Å². The monoisotopic (exact) mass is 325 g/mol. The highest BCUT2D eigenvalue weighted by Gasteiger charge is 2.37. The van der Waals surface area contributed by atoms with Gasteiger partial charge in [-0.1, -0.05) is 0 Å². The number of carbonyl (C=O) groups excluding carboxylic acids is 1. The number of anilines is 2. The van der Waals surface area contributed by atoms with Crippen LogP contribution >= 0.6 is 0 Å². The van der Waals surface area contributed by atoms with Crippen molar-refractivity contribution in [2.75, 3.05) is 29.9 Å².